The Morgan fingerprint density at radius 2 is 1.69 bits per heavy atom. The Hall–Kier alpha value is -2.27. The van der Waals surface area contributed by atoms with Crippen LogP contribution in [0.15, 0.2) is 65.8 Å². The van der Waals surface area contributed by atoms with E-state index in [1.807, 2.05) is 30.3 Å². The highest BCUT2D eigenvalue weighted by Gasteiger charge is 2.30. The molecule has 134 valence electrons. The minimum absolute atomic E-state index is 0.599. The highest BCUT2D eigenvalue weighted by atomic mass is 32.2. The Balaban J connectivity index is 1.34. The first kappa shape index (κ1) is 17.2. The fourth-order valence-electron chi connectivity index (χ4n) is 2.89. The van der Waals surface area contributed by atoms with E-state index in [9.17, 15) is 0 Å². The van der Waals surface area contributed by atoms with Gasteiger partial charge in [-0.1, -0.05) is 60.3 Å². The summed E-state index contributed by atoms with van der Waals surface area (Å²) in [5.74, 6) is 3.66. The zero-order valence-corrected chi connectivity index (χ0v) is 15.6. The van der Waals surface area contributed by atoms with Crippen LogP contribution in [0.5, 0.6) is 5.75 Å². The SMILES string of the molecule is c1ccc(Cn2c(SCCCOc3ccccc3)nnc2C2CC2)cc1. The quantitative estimate of drug-likeness (QED) is 0.405. The van der Waals surface area contributed by atoms with E-state index in [-0.39, 0.29) is 0 Å². The lowest BCUT2D eigenvalue weighted by atomic mass is 10.2. The van der Waals surface area contributed by atoms with Gasteiger partial charge in [0.15, 0.2) is 5.16 Å². The summed E-state index contributed by atoms with van der Waals surface area (Å²) in [7, 11) is 0. The molecular weight excluding hydrogens is 342 g/mol. The minimum Gasteiger partial charge on any atom is -0.494 e. The second-order valence-corrected chi connectivity index (χ2v) is 7.61. The van der Waals surface area contributed by atoms with E-state index in [0.717, 1.165) is 42.1 Å². The van der Waals surface area contributed by atoms with Crippen molar-refractivity contribution in [1.82, 2.24) is 14.8 Å². The molecule has 0 atom stereocenters. The Morgan fingerprint density at radius 1 is 0.962 bits per heavy atom. The number of hydrogen-bond acceptors (Lipinski definition) is 4. The second-order valence-electron chi connectivity index (χ2n) is 6.55. The normalized spacial score (nSPS) is 13.7. The number of benzene rings is 2. The van der Waals surface area contributed by atoms with Crippen LogP contribution in [0.25, 0.3) is 0 Å². The first-order valence-corrected chi connectivity index (χ1v) is 10.2. The third-order valence-corrected chi connectivity index (χ3v) is 5.46. The third-order valence-electron chi connectivity index (χ3n) is 4.40. The molecule has 0 bridgehead atoms. The fraction of sp³-hybridized carbons (Fsp3) is 0.333. The fourth-order valence-corrected chi connectivity index (χ4v) is 3.75. The van der Waals surface area contributed by atoms with Gasteiger partial charge in [-0.25, -0.2) is 0 Å². The van der Waals surface area contributed by atoms with Crippen LogP contribution in [-0.4, -0.2) is 27.1 Å². The van der Waals surface area contributed by atoms with Gasteiger partial charge in [-0.15, -0.1) is 10.2 Å². The third kappa shape index (κ3) is 4.47. The lowest BCUT2D eigenvalue weighted by Gasteiger charge is -2.10. The molecule has 0 N–H and O–H groups in total. The van der Waals surface area contributed by atoms with Crippen LogP contribution in [0, 0.1) is 0 Å². The number of ether oxygens (including phenoxy) is 1. The van der Waals surface area contributed by atoms with Gasteiger partial charge in [-0.3, -0.25) is 0 Å². The lowest BCUT2D eigenvalue weighted by Crippen LogP contribution is -2.06. The largest absolute Gasteiger partial charge is 0.494 e. The topological polar surface area (TPSA) is 39.9 Å². The summed E-state index contributed by atoms with van der Waals surface area (Å²) >= 11 is 1.78. The highest BCUT2D eigenvalue weighted by Crippen LogP contribution is 2.40. The lowest BCUT2D eigenvalue weighted by molar-refractivity contribution is 0.318. The Bertz CT molecular complexity index is 816. The summed E-state index contributed by atoms with van der Waals surface area (Å²) in [5.41, 5.74) is 1.29. The van der Waals surface area contributed by atoms with E-state index >= 15 is 0 Å². The van der Waals surface area contributed by atoms with Crippen molar-refractivity contribution in [3.8, 4) is 5.75 Å². The van der Waals surface area contributed by atoms with E-state index in [2.05, 4.69) is 45.1 Å². The molecule has 1 heterocycles. The summed E-state index contributed by atoms with van der Waals surface area (Å²) in [4.78, 5) is 0. The molecule has 0 amide bonds. The summed E-state index contributed by atoms with van der Waals surface area (Å²) < 4.78 is 8.07. The van der Waals surface area contributed by atoms with E-state index < -0.39 is 0 Å². The van der Waals surface area contributed by atoms with E-state index in [4.69, 9.17) is 4.74 Å². The molecule has 4 rings (SSSR count). The maximum absolute atomic E-state index is 5.77. The molecule has 4 nitrogen and oxygen atoms in total. The molecule has 5 heteroatoms. The van der Waals surface area contributed by atoms with E-state index in [0.29, 0.717) is 5.92 Å². The number of thioether (sulfide) groups is 1. The van der Waals surface area contributed by atoms with Crippen molar-refractivity contribution in [1.29, 1.82) is 0 Å². The van der Waals surface area contributed by atoms with Crippen LogP contribution in [-0.2, 0) is 6.54 Å². The van der Waals surface area contributed by atoms with Gasteiger partial charge in [0.2, 0.25) is 0 Å². The molecule has 26 heavy (non-hydrogen) atoms. The van der Waals surface area contributed by atoms with Gasteiger partial charge in [0, 0.05) is 11.7 Å². The number of para-hydroxylation sites is 1. The van der Waals surface area contributed by atoms with Gasteiger partial charge < -0.3 is 9.30 Å². The first-order chi connectivity index (χ1) is 12.9. The molecule has 1 fully saturated rings. The standard InChI is InChI=1S/C21H23N3OS/c1-3-8-17(9-4-1)16-24-20(18-12-13-18)22-23-21(24)26-15-7-14-25-19-10-5-2-6-11-19/h1-6,8-11,18H,7,12-16H2. The van der Waals surface area contributed by atoms with Gasteiger partial charge in [-0.05, 0) is 37.0 Å². The Labute approximate surface area is 158 Å². The van der Waals surface area contributed by atoms with Crippen molar-refractivity contribution in [2.45, 2.75) is 36.9 Å². The average molecular weight is 366 g/mol. The van der Waals surface area contributed by atoms with Crippen LogP contribution >= 0.6 is 11.8 Å². The number of hydrogen-bond donors (Lipinski definition) is 0. The monoisotopic (exact) mass is 365 g/mol. The molecule has 1 aromatic heterocycles. The van der Waals surface area contributed by atoms with Crippen molar-refractivity contribution in [3.05, 3.63) is 72.1 Å². The maximum Gasteiger partial charge on any atom is 0.191 e. The number of nitrogens with zero attached hydrogens (tertiary/aromatic N) is 3. The van der Waals surface area contributed by atoms with Crippen LogP contribution in [0.2, 0.25) is 0 Å². The molecule has 2 aromatic carbocycles. The van der Waals surface area contributed by atoms with Gasteiger partial charge in [0.1, 0.15) is 11.6 Å². The van der Waals surface area contributed by atoms with Gasteiger partial charge >= 0.3 is 0 Å². The van der Waals surface area contributed by atoms with Gasteiger partial charge in [-0.2, -0.15) is 0 Å². The van der Waals surface area contributed by atoms with Gasteiger partial charge in [0.05, 0.1) is 13.2 Å². The summed E-state index contributed by atoms with van der Waals surface area (Å²) in [6.45, 7) is 1.57. The number of rotatable bonds is 9. The molecule has 1 aliphatic rings. The Morgan fingerprint density at radius 3 is 2.42 bits per heavy atom. The van der Waals surface area contributed by atoms with Crippen LogP contribution < -0.4 is 4.74 Å². The molecule has 0 radical (unpaired) electrons. The van der Waals surface area contributed by atoms with Crippen LogP contribution in [0.1, 0.15) is 36.6 Å². The summed E-state index contributed by atoms with van der Waals surface area (Å²) in [5, 5.41) is 9.97. The van der Waals surface area contributed by atoms with Crippen molar-refractivity contribution < 1.29 is 4.74 Å². The van der Waals surface area contributed by atoms with Crippen molar-refractivity contribution in [3.63, 3.8) is 0 Å². The molecular formula is C21H23N3OS. The summed E-state index contributed by atoms with van der Waals surface area (Å²) in [6, 6.07) is 20.5. The average Bonchev–Trinajstić information content (AvgIpc) is 3.46. The van der Waals surface area contributed by atoms with Crippen LogP contribution in [0.3, 0.4) is 0 Å². The molecule has 0 unspecified atom stereocenters. The van der Waals surface area contributed by atoms with E-state index in [1.54, 1.807) is 11.8 Å². The van der Waals surface area contributed by atoms with Gasteiger partial charge in [0.25, 0.3) is 0 Å². The first-order valence-electron chi connectivity index (χ1n) is 9.18. The van der Waals surface area contributed by atoms with Crippen LogP contribution in [0.4, 0.5) is 0 Å². The van der Waals surface area contributed by atoms with Crippen molar-refractivity contribution >= 4 is 11.8 Å². The predicted molar refractivity (Wildman–Crippen MR) is 105 cm³/mol. The number of aromatic nitrogens is 3. The molecule has 1 aliphatic carbocycles. The molecule has 0 aliphatic heterocycles. The minimum atomic E-state index is 0.599. The zero-order valence-electron chi connectivity index (χ0n) is 14.8. The zero-order chi connectivity index (χ0) is 17.6. The molecule has 3 aromatic rings. The smallest absolute Gasteiger partial charge is 0.191 e. The van der Waals surface area contributed by atoms with Crippen molar-refractivity contribution in [2.75, 3.05) is 12.4 Å². The second kappa shape index (κ2) is 8.41. The summed E-state index contributed by atoms with van der Waals surface area (Å²) in [6.07, 6.45) is 3.46. The van der Waals surface area contributed by atoms with Crippen molar-refractivity contribution in [2.24, 2.45) is 0 Å². The Kier molecular flexibility index (Phi) is 5.55. The van der Waals surface area contributed by atoms with E-state index in [1.165, 1.54) is 18.4 Å². The molecule has 0 saturated heterocycles. The maximum atomic E-state index is 5.77. The molecule has 1 saturated carbocycles. The predicted octanol–water partition coefficient (Wildman–Crippen LogP) is 4.77. The molecule has 0 spiro atoms. The highest BCUT2D eigenvalue weighted by molar-refractivity contribution is 7.99.